The Morgan fingerprint density at radius 3 is 2.50 bits per heavy atom. The highest BCUT2D eigenvalue weighted by atomic mass is 32.1. The van der Waals surface area contributed by atoms with Crippen molar-refractivity contribution in [3.05, 3.63) is 82.6 Å². The van der Waals surface area contributed by atoms with E-state index < -0.39 is 34.7 Å². The topological polar surface area (TPSA) is 59.8 Å². The monoisotopic (exact) mass is 432 g/mol. The number of amides is 1. The first-order chi connectivity index (χ1) is 14.3. The highest BCUT2D eigenvalue weighted by molar-refractivity contribution is 7.12. The van der Waals surface area contributed by atoms with Crippen LogP contribution < -0.4 is 5.32 Å². The number of halogens is 4. The van der Waals surface area contributed by atoms with Crippen LogP contribution in [-0.4, -0.2) is 20.7 Å². The smallest absolute Gasteiger partial charge is 0.261 e. The van der Waals surface area contributed by atoms with Crippen LogP contribution in [0.5, 0.6) is 0 Å². The van der Waals surface area contributed by atoms with E-state index in [4.69, 9.17) is 0 Å². The van der Waals surface area contributed by atoms with Crippen molar-refractivity contribution in [2.24, 2.45) is 0 Å². The quantitative estimate of drug-likeness (QED) is 0.360. The Morgan fingerprint density at radius 2 is 1.80 bits per heavy atom. The Balaban J connectivity index is 1.62. The van der Waals surface area contributed by atoms with Gasteiger partial charge in [-0.3, -0.25) is 4.79 Å². The van der Waals surface area contributed by atoms with Gasteiger partial charge >= 0.3 is 0 Å². The first-order valence-corrected chi connectivity index (χ1v) is 9.44. The third-order valence-corrected chi connectivity index (χ3v) is 5.06. The molecular weight excluding hydrogens is 420 g/mol. The zero-order chi connectivity index (χ0) is 21.4. The Bertz CT molecular complexity index is 1250. The maximum atomic E-state index is 14.7. The molecule has 4 rings (SSSR count). The molecule has 2 aromatic heterocycles. The van der Waals surface area contributed by atoms with Gasteiger partial charge in [-0.15, -0.1) is 11.3 Å². The van der Waals surface area contributed by atoms with Gasteiger partial charge < -0.3 is 5.32 Å². The molecule has 30 heavy (non-hydrogen) atoms. The molecule has 2 aromatic carbocycles. The number of benzene rings is 2. The van der Waals surface area contributed by atoms with Gasteiger partial charge in [0.05, 0.1) is 5.69 Å². The number of aromatic nitrogens is 3. The third kappa shape index (κ3) is 3.57. The van der Waals surface area contributed by atoms with Crippen LogP contribution in [0, 0.1) is 30.2 Å². The fourth-order valence-electron chi connectivity index (χ4n) is 2.89. The molecule has 1 amide bonds. The molecule has 0 aliphatic rings. The molecule has 0 spiro atoms. The Hall–Kier alpha value is -3.53. The number of carbonyl (C=O) groups excluding carboxylic acids is 1. The zero-order valence-corrected chi connectivity index (χ0v) is 16.1. The second-order valence-corrected chi connectivity index (χ2v) is 7.13. The summed E-state index contributed by atoms with van der Waals surface area (Å²) in [7, 11) is 0. The van der Waals surface area contributed by atoms with E-state index in [1.165, 1.54) is 28.2 Å². The standard InChI is InChI=1S/C20H12F4N4OS/c1-10-13(9-28(27-10)20-25-6-7-30-20)12-3-2-11(8-16(12)23)26-19(29)17-14(21)4-5-15(22)18(17)24/h2-9H,1H3,(H,26,29). The van der Waals surface area contributed by atoms with Gasteiger partial charge in [-0.05, 0) is 37.3 Å². The first kappa shape index (κ1) is 19.8. The van der Waals surface area contributed by atoms with E-state index in [1.807, 2.05) is 0 Å². The highest BCUT2D eigenvalue weighted by Gasteiger charge is 2.21. The van der Waals surface area contributed by atoms with Crippen LogP contribution in [0.2, 0.25) is 0 Å². The maximum absolute atomic E-state index is 14.7. The van der Waals surface area contributed by atoms with Crippen LogP contribution in [0.15, 0.2) is 48.1 Å². The molecule has 5 nitrogen and oxygen atoms in total. The molecule has 0 bridgehead atoms. The molecule has 1 N–H and O–H groups in total. The summed E-state index contributed by atoms with van der Waals surface area (Å²) >= 11 is 1.37. The Labute approximate surface area is 171 Å². The molecule has 0 aliphatic heterocycles. The van der Waals surface area contributed by atoms with Crippen LogP contribution in [0.25, 0.3) is 16.3 Å². The van der Waals surface area contributed by atoms with E-state index in [2.05, 4.69) is 15.4 Å². The molecule has 0 saturated carbocycles. The summed E-state index contributed by atoms with van der Waals surface area (Å²) in [4.78, 5) is 16.3. The van der Waals surface area contributed by atoms with Crippen molar-refractivity contribution in [1.82, 2.24) is 14.8 Å². The molecule has 152 valence electrons. The van der Waals surface area contributed by atoms with E-state index in [0.717, 1.165) is 6.07 Å². The zero-order valence-electron chi connectivity index (χ0n) is 15.3. The lowest BCUT2D eigenvalue weighted by atomic mass is 10.1. The average molecular weight is 432 g/mol. The summed E-state index contributed by atoms with van der Waals surface area (Å²) in [5.74, 6) is -6.13. The van der Waals surface area contributed by atoms with Gasteiger partial charge in [0.2, 0.25) is 5.13 Å². The van der Waals surface area contributed by atoms with Crippen molar-refractivity contribution >= 4 is 22.9 Å². The van der Waals surface area contributed by atoms with Gasteiger partial charge in [-0.1, -0.05) is 0 Å². The van der Waals surface area contributed by atoms with Crippen molar-refractivity contribution in [3.8, 4) is 16.3 Å². The lowest BCUT2D eigenvalue weighted by Gasteiger charge is -2.09. The van der Waals surface area contributed by atoms with Gasteiger partial charge in [0.25, 0.3) is 5.91 Å². The van der Waals surface area contributed by atoms with Gasteiger partial charge in [0, 0.05) is 34.6 Å². The third-order valence-electron chi connectivity index (χ3n) is 4.30. The van der Waals surface area contributed by atoms with E-state index in [0.29, 0.717) is 28.5 Å². The van der Waals surface area contributed by atoms with Crippen molar-refractivity contribution in [2.45, 2.75) is 6.92 Å². The molecule has 0 radical (unpaired) electrons. The predicted molar refractivity (Wildman–Crippen MR) is 104 cm³/mol. The SMILES string of the molecule is Cc1nn(-c2nccs2)cc1-c1ccc(NC(=O)c2c(F)ccc(F)c2F)cc1F. The van der Waals surface area contributed by atoms with Gasteiger partial charge in [-0.25, -0.2) is 27.2 Å². The second-order valence-electron chi connectivity index (χ2n) is 6.25. The number of thiazole rings is 1. The lowest BCUT2D eigenvalue weighted by molar-refractivity contribution is 0.101. The van der Waals surface area contributed by atoms with E-state index in [-0.39, 0.29) is 11.3 Å². The van der Waals surface area contributed by atoms with E-state index in [1.54, 1.807) is 24.7 Å². The summed E-state index contributed by atoms with van der Waals surface area (Å²) in [6, 6.07) is 4.98. The van der Waals surface area contributed by atoms with E-state index in [9.17, 15) is 22.4 Å². The largest absolute Gasteiger partial charge is 0.322 e. The van der Waals surface area contributed by atoms with Crippen molar-refractivity contribution < 1.29 is 22.4 Å². The second kappa shape index (κ2) is 7.71. The van der Waals surface area contributed by atoms with Crippen LogP contribution >= 0.6 is 11.3 Å². The minimum atomic E-state index is -1.62. The van der Waals surface area contributed by atoms with Crippen LogP contribution in [0.4, 0.5) is 23.2 Å². The molecule has 4 aromatic rings. The average Bonchev–Trinajstić information content (AvgIpc) is 3.35. The Kier molecular flexibility index (Phi) is 5.08. The van der Waals surface area contributed by atoms with Gasteiger partial charge in [0.15, 0.2) is 11.6 Å². The predicted octanol–water partition coefficient (Wildman–Crippen LogP) is 5.11. The van der Waals surface area contributed by atoms with Crippen molar-refractivity contribution in [3.63, 3.8) is 0 Å². The number of aryl methyl sites for hydroxylation is 1. The number of hydrogen-bond acceptors (Lipinski definition) is 4. The number of anilines is 1. The van der Waals surface area contributed by atoms with Crippen LogP contribution in [0.1, 0.15) is 16.1 Å². The molecule has 0 atom stereocenters. The summed E-state index contributed by atoms with van der Waals surface area (Å²) < 4.78 is 57.1. The fraction of sp³-hybridized carbons (Fsp3) is 0.0500. The summed E-state index contributed by atoms with van der Waals surface area (Å²) in [5, 5.41) is 8.90. The fourth-order valence-corrected chi connectivity index (χ4v) is 3.46. The van der Waals surface area contributed by atoms with Crippen LogP contribution in [-0.2, 0) is 0 Å². The number of nitrogens with one attached hydrogen (secondary N) is 1. The van der Waals surface area contributed by atoms with Crippen molar-refractivity contribution in [2.75, 3.05) is 5.32 Å². The van der Waals surface area contributed by atoms with Gasteiger partial charge in [0.1, 0.15) is 17.2 Å². The number of rotatable bonds is 4. The lowest BCUT2D eigenvalue weighted by Crippen LogP contribution is -2.17. The number of hydrogen-bond donors (Lipinski definition) is 1. The molecule has 2 heterocycles. The highest BCUT2D eigenvalue weighted by Crippen LogP contribution is 2.29. The number of nitrogens with zero attached hydrogens (tertiary/aromatic N) is 3. The summed E-state index contributed by atoms with van der Waals surface area (Å²) in [6.45, 7) is 1.71. The molecule has 0 fully saturated rings. The van der Waals surface area contributed by atoms with Crippen molar-refractivity contribution in [1.29, 1.82) is 0 Å². The summed E-state index contributed by atoms with van der Waals surface area (Å²) in [6.07, 6.45) is 3.25. The van der Waals surface area contributed by atoms with Gasteiger partial charge in [-0.2, -0.15) is 5.10 Å². The molecule has 0 saturated heterocycles. The molecule has 10 heteroatoms. The van der Waals surface area contributed by atoms with E-state index >= 15 is 0 Å². The first-order valence-electron chi connectivity index (χ1n) is 8.56. The molecular formula is C20H12F4N4OS. The minimum absolute atomic E-state index is 0.0470. The molecule has 0 unspecified atom stereocenters. The summed E-state index contributed by atoms with van der Waals surface area (Å²) in [5.41, 5.74) is 0.165. The molecule has 0 aliphatic carbocycles. The Morgan fingerprint density at radius 1 is 1.03 bits per heavy atom. The van der Waals surface area contributed by atoms with Crippen LogP contribution in [0.3, 0.4) is 0 Å². The minimum Gasteiger partial charge on any atom is -0.322 e. The normalized spacial score (nSPS) is 11.0. The number of carbonyl (C=O) groups is 1. The maximum Gasteiger partial charge on any atom is 0.261 e.